The molecule has 2 saturated heterocycles. The van der Waals surface area contributed by atoms with Gasteiger partial charge in [-0.2, -0.15) is 5.21 Å². The van der Waals surface area contributed by atoms with Crippen LogP contribution in [0.25, 0.3) is 22.5 Å². The lowest BCUT2D eigenvalue weighted by Crippen LogP contribution is -2.30. The van der Waals surface area contributed by atoms with Crippen molar-refractivity contribution in [3.63, 3.8) is 0 Å². The molecule has 31 heavy (non-hydrogen) atoms. The quantitative estimate of drug-likeness (QED) is 0.656. The summed E-state index contributed by atoms with van der Waals surface area (Å²) in [6.45, 7) is 4.35. The van der Waals surface area contributed by atoms with E-state index < -0.39 is 9.84 Å². The largest absolute Gasteiger partial charge is 0.356 e. The van der Waals surface area contributed by atoms with Crippen molar-refractivity contribution in [3.8, 4) is 22.5 Å². The predicted octanol–water partition coefficient (Wildman–Crippen LogP) is 1.86. The van der Waals surface area contributed by atoms with E-state index in [2.05, 4.69) is 37.5 Å². The minimum Gasteiger partial charge on any atom is -0.356 e. The number of pyridine rings is 1. The van der Waals surface area contributed by atoms with Crippen molar-refractivity contribution < 1.29 is 8.42 Å². The zero-order chi connectivity index (χ0) is 21.6. The fourth-order valence-corrected chi connectivity index (χ4v) is 5.83. The summed E-state index contributed by atoms with van der Waals surface area (Å²) in [7, 11) is -1.29. The van der Waals surface area contributed by atoms with Crippen LogP contribution in [0, 0.1) is 5.41 Å². The van der Waals surface area contributed by atoms with Gasteiger partial charge in [-0.15, -0.1) is 10.2 Å². The fraction of sp³-hybridized carbons (Fsp3) is 0.429. The topological polar surface area (TPSA) is 108 Å². The van der Waals surface area contributed by atoms with Crippen molar-refractivity contribution >= 4 is 15.7 Å². The summed E-state index contributed by atoms with van der Waals surface area (Å²) in [5, 5.41) is 14.1. The average molecular weight is 440 g/mol. The molecule has 0 radical (unpaired) electrons. The molecule has 0 amide bonds. The Morgan fingerprint density at radius 3 is 2.58 bits per heavy atom. The van der Waals surface area contributed by atoms with Crippen LogP contribution in [0.5, 0.6) is 0 Å². The summed E-state index contributed by atoms with van der Waals surface area (Å²) in [6.07, 6.45) is 5.41. The molecule has 2 fully saturated rings. The number of H-pyrrole nitrogens is 1. The van der Waals surface area contributed by atoms with E-state index in [1.54, 1.807) is 18.3 Å². The van der Waals surface area contributed by atoms with Crippen LogP contribution >= 0.6 is 0 Å². The molecular weight excluding hydrogens is 414 g/mol. The molecule has 2 aromatic heterocycles. The Balaban J connectivity index is 1.48. The van der Waals surface area contributed by atoms with E-state index >= 15 is 0 Å². The normalized spacial score (nSPS) is 21.9. The van der Waals surface area contributed by atoms with Crippen LogP contribution in [0.4, 0.5) is 5.82 Å². The molecule has 4 heterocycles. The van der Waals surface area contributed by atoms with Crippen molar-refractivity contribution in [1.29, 1.82) is 0 Å². The van der Waals surface area contributed by atoms with Gasteiger partial charge in [-0.05, 0) is 55.4 Å². The van der Waals surface area contributed by atoms with E-state index in [1.165, 1.54) is 19.1 Å². The van der Waals surface area contributed by atoms with Gasteiger partial charge < -0.3 is 9.80 Å². The first-order valence-electron chi connectivity index (χ1n) is 10.3. The molecule has 0 saturated carbocycles. The van der Waals surface area contributed by atoms with E-state index in [0.29, 0.717) is 16.5 Å². The fourth-order valence-electron chi connectivity index (χ4n) is 4.93. The van der Waals surface area contributed by atoms with Crippen molar-refractivity contribution in [2.24, 2.45) is 5.41 Å². The SMILES string of the molecule is CN1CCC2(CCN(c3ccc(-c4cccc(S(C)(=O)=O)c4-c4nn[nH]n4)cn3)C2)C1. The van der Waals surface area contributed by atoms with Gasteiger partial charge in [0.15, 0.2) is 9.84 Å². The standard InChI is InChI=1S/C21H25N7O2S/c1-27-10-8-21(13-27)9-11-28(14-21)18-7-6-15(12-22-18)16-4-3-5-17(31(2,29)30)19(16)20-23-25-26-24-20/h3-7,12H,8-11,13-14H2,1-2H3,(H,23,24,25,26). The molecule has 2 aliphatic heterocycles. The van der Waals surface area contributed by atoms with Gasteiger partial charge >= 0.3 is 0 Å². The number of aromatic amines is 1. The summed E-state index contributed by atoms with van der Waals surface area (Å²) in [6, 6.07) is 9.15. The first kappa shape index (κ1) is 20.1. The van der Waals surface area contributed by atoms with E-state index in [9.17, 15) is 8.42 Å². The number of aromatic nitrogens is 5. The number of hydrogen-bond acceptors (Lipinski definition) is 8. The molecule has 5 rings (SSSR count). The summed E-state index contributed by atoms with van der Waals surface area (Å²) in [4.78, 5) is 9.66. The number of tetrazole rings is 1. The van der Waals surface area contributed by atoms with Crippen LogP contribution in [-0.4, -0.2) is 78.4 Å². The maximum atomic E-state index is 12.4. The van der Waals surface area contributed by atoms with Gasteiger partial charge in [0.2, 0.25) is 5.82 Å². The zero-order valence-corrected chi connectivity index (χ0v) is 18.4. The molecule has 9 nitrogen and oxygen atoms in total. The van der Waals surface area contributed by atoms with E-state index in [1.807, 2.05) is 18.2 Å². The molecule has 0 aliphatic carbocycles. The second-order valence-electron chi connectivity index (χ2n) is 8.75. The molecule has 162 valence electrons. The lowest BCUT2D eigenvalue weighted by atomic mass is 9.86. The highest BCUT2D eigenvalue weighted by molar-refractivity contribution is 7.90. The highest BCUT2D eigenvalue weighted by Crippen LogP contribution is 2.41. The first-order chi connectivity index (χ1) is 14.8. The maximum absolute atomic E-state index is 12.4. The highest BCUT2D eigenvalue weighted by atomic mass is 32.2. The Morgan fingerprint density at radius 2 is 1.94 bits per heavy atom. The molecule has 2 aliphatic rings. The summed E-state index contributed by atoms with van der Waals surface area (Å²) in [5.41, 5.74) is 2.33. The van der Waals surface area contributed by atoms with Gasteiger partial charge in [0.1, 0.15) is 5.82 Å². The van der Waals surface area contributed by atoms with Crippen LogP contribution in [0.3, 0.4) is 0 Å². The van der Waals surface area contributed by atoms with Crippen molar-refractivity contribution in [2.75, 3.05) is 44.4 Å². The van der Waals surface area contributed by atoms with Crippen LogP contribution in [-0.2, 0) is 9.84 Å². The molecule has 1 unspecified atom stereocenters. The van der Waals surface area contributed by atoms with Crippen LogP contribution < -0.4 is 4.90 Å². The van der Waals surface area contributed by atoms with E-state index in [0.717, 1.165) is 37.6 Å². The number of nitrogens with one attached hydrogen (secondary N) is 1. The van der Waals surface area contributed by atoms with Crippen molar-refractivity contribution in [1.82, 2.24) is 30.5 Å². The predicted molar refractivity (Wildman–Crippen MR) is 117 cm³/mol. The number of sulfone groups is 1. The third-order valence-electron chi connectivity index (χ3n) is 6.45. The van der Waals surface area contributed by atoms with Gasteiger partial charge in [-0.25, -0.2) is 13.4 Å². The molecule has 1 spiro atoms. The van der Waals surface area contributed by atoms with Gasteiger partial charge in [-0.3, -0.25) is 0 Å². The lowest BCUT2D eigenvalue weighted by molar-refractivity contribution is 0.312. The zero-order valence-electron chi connectivity index (χ0n) is 17.6. The van der Waals surface area contributed by atoms with Gasteiger partial charge in [0, 0.05) is 48.6 Å². The van der Waals surface area contributed by atoms with E-state index in [4.69, 9.17) is 4.98 Å². The first-order valence-corrected chi connectivity index (χ1v) is 12.2. The summed E-state index contributed by atoms with van der Waals surface area (Å²) >= 11 is 0. The van der Waals surface area contributed by atoms with Crippen LogP contribution in [0.1, 0.15) is 12.8 Å². The van der Waals surface area contributed by atoms with Crippen LogP contribution in [0.2, 0.25) is 0 Å². The molecule has 1 N–H and O–H groups in total. The third kappa shape index (κ3) is 3.70. The molecule has 10 heteroatoms. The summed E-state index contributed by atoms with van der Waals surface area (Å²) < 4.78 is 24.8. The number of nitrogens with zero attached hydrogens (tertiary/aromatic N) is 6. The summed E-state index contributed by atoms with van der Waals surface area (Å²) in [5.74, 6) is 1.20. The molecule has 1 atom stereocenters. The Kier molecular flexibility index (Phi) is 4.78. The Bertz CT molecular complexity index is 1190. The monoisotopic (exact) mass is 439 g/mol. The molecule has 1 aromatic carbocycles. The minimum atomic E-state index is -3.48. The van der Waals surface area contributed by atoms with E-state index in [-0.39, 0.29) is 10.7 Å². The Labute approximate surface area is 181 Å². The number of rotatable bonds is 4. The Morgan fingerprint density at radius 1 is 1.10 bits per heavy atom. The number of benzene rings is 1. The molecule has 3 aromatic rings. The van der Waals surface area contributed by atoms with Gasteiger partial charge in [0.25, 0.3) is 0 Å². The molecular formula is C21H25N7O2S. The van der Waals surface area contributed by atoms with Crippen LogP contribution in [0.15, 0.2) is 41.4 Å². The van der Waals surface area contributed by atoms with Crippen molar-refractivity contribution in [3.05, 3.63) is 36.5 Å². The number of anilines is 1. The highest BCUT2D eigenvalue weighted by Gasteiger charge is 2.42. The van der Waals surface area contributed by atoms with Crippen molar-refractivity contribution in [2.45, 2.75) is 17.7 Å². The molecule has 0 bridgehead atoms. The number of likely N-dealkylation sites (tertiary alicyclic amines) is 1. The maximum Gasteiger partial charge on any atom is 0.206 e. The lowest BCUT2D eigenvalue weighted by Gasteiger charge is -2.24. The minimum absolute atomic E-state index is 0.169. The third-order valence-corrected chi connectivity index (χ3v) is 7.58. The second kappa shape index (κ2) is 7.38. The average Bonchev–Trinajstić information content (AvgIpc) is 3.49. The van der Waals surface area contributed by atoms with Gasteiger partial charge in [-0.1, -0.05) is 12.1 Å². The number of hydrogen-bond donors (Lipinski definition) is 1. The smallest absolute Gasteiger partial charge is 0.206 e. The van der Waals surface area contributed by atoms with Gasteiger partial charge in [0.05, 0.1) is 4.90 Å². The second-order valence-corrected chi connectivity index (χ2v) is 10.7. The Hall–Kier alpha value is -2.85.